The van der Waals surface area contributed by atoms with Crippen LogP contribution in [0, 0.1) is 0 Å². The molecule has 0 unspecified atom stereocenters. The van der Waals surface area contributed by atoms with Crippen molar-refractivity contribution in [2.75, 3.05) is 7.11 Å². The Morgan fingerprint density at radius 3 is 2.21 bits per heavy atom. The van der Waals surface area contributed by atoms with Crippen molar-refractivity contribution >= 4 is 37.4 Å². The van der Waals surface area contributed by atoms with Gasteiger partial charge in [0.15, 0.2) is 12.3 Å². The molecule has 2 heterocycles. The lowest BCUT2D eigenvalue weighted by Gasteiger charge is -2.28. The smallest absolute Gasteiger partial charge is 0.337 e. The van der Waals surface area contributed by atoms with Crippen LogP contribution < -0.4 is 4.83 Å². The molecular weight excluding hydrogens is 472 g/mol. The molecule has 4 aromatic rings. The van der Waals surface area contributed by atoms with Crippen LogP contribution in [-0.2, 0) is 24.3 Å². The molecule has 3 aromatic carbocycles. The van der Waals surface area contributed by atoms with Gasteiger partial charge in [-0.25, -0.2) is 13.2 Å². The van der Waals surface area contributed by atoms with Crippen LogP contribution >= 0.6 is 11.3 Å². The number of nitrogens with one attached hydrogen (secondary N) is 1. The summed E-state index contributed by atoms with van der Waals surface area (Å²) in [4.78, 5) is 15.4. The number of carbonyl (C=O) groups is 1. The average Bonchev–Trinajstić information content (AvgIpc) is 3.47. The zero-order chi connectivity index (χ0) is 23.7. The number of hydrogen-bond donors (Lipinski definition) is 1. The van der Waals surface area contributed by atoms with Crippen LogP contribution in [0.25, 0.3) is 10.1 Å². The monoisotopic (exact) mass is 494 g/mol. The van der Waals surface area contributed by atoms with Crippen LogP contribution in [-0.4, -0.2) is 32.6 Å². The first kappa shape index (κ1) is 22.7. The van der Waals surface area contributed by atoms with Crippen LogP contribution in [0.4, 0.5) is 0 Å². The van der Waals surface area contributed by atoms with Gasteiger partial charge in [-0.1, -0.05) is 78.9 Å². The minimum Gasteiger partial charge on any atom is -0.467 e. The zero-order valence-corrected chi connectivity index (χ0v) is 19.8. The Balaban J connectivity index is 1.60. The highest BCUT2D eigenvalue weighted by molar-refractivity contribution is 7.91. The highest BCUT2D eigenvalue weighted by Crippen LogP contribution is 2.43. The molecule has 0 bridgehead atoms. The Hall–Kier alpha value is -3.08. The van der Waals surface area contributed by atoms with Crippen LogP contribution in [0.5, 0.6) is 0 Å². The van der Waals surface area contributed by atoms with Crippen molar-refractivity contribution in [2.45, 2.75) is 22.6 Å². The Morgan fingerprint density at radius 1 is 0.941 bits per heavy atom. The highest BCUT2D eigenvalue weighted by atomic mass is 32.2. The van der Waals surface area contributed by atoms with Crippen LogP contribution in [0.15, 0.2) is 95.2 Å². The maximum Gasteiger partial charge on any atom is 0.337 e. The van der Waals surface area contributed by atoms with Gasteiger partial charge in [0.05, 0.1) is 13.2 Å². The van der Waals surface area contributed by atoms with Gasteiger partial charge in [0.2, 0.25) is 0 Å². The molecule has 0 radical (unpaired) electrons. The number of hydrazine groups is 1. The molecule has 0 saturated carbocycles. The maximum atomic E-state index is 13.5. The van der Waals surface area contributed by atoms with Gasteiger partial charge in [-0.05, 0) is 28.6 Å². The lowest BCUT2D eigenvalue weighted by atomic mass is 10.0. The second kappa shape index (κ2) is 9.28. The quantitative estimate of drug-likeness (QED) is 0.400. The number of benzene rings is 3. The van der Waals surface area contributed by atoms with Crippen molar-refractivity contribution < 1.29 is 22.7 Å². The molecule has 34 heavy (non-hydrogen) atoms. The van der Waals surface area contributed by atoms with E-state index in [0.717, 1.165) is 15.6 Å². The third kappa shape index (κ3) is 4.24. The normalized spacial score (nSPS) is 21.0. The van der Waals surface area contributed by atoms with E-state index in [1.54, 1.807) is 6.07 Å². The third-order valence-corrected chi connectivity index (χ3v) is 8.59. The molecule has 9 heteroatoms. The van der Waals surface area contributed by atoms with Crippen LogP contribution in [0.1, 0.15) is 23.4 Å². The second-order valence-electron chi connectivity index (χ2n) is 7.80. The van der Waals surface area contributed by atoms with E-state index in [2.05, 4.69) is 4.83 Å². The van der Waals surface area contributed by atoms with Gasteiger partial charge in [-0.2, -0.15) is 5.01 Å². The van der Waals surface area contributed by atoms with Gasteiger partial charge in [0.25, 0.3) is 10.0 Å². The molecular formula is C25H22N2O5S2. The molecule has 7 nitrogen and oxygen atoms in total. The van der Waals surface area contributed by atoms with Crippen molar-refractivity contribution in [1.29, 1.82) is 0 Å². The molecule has 1 fully saturated rings. The number of ether oxygens (including phenoxy) is 2. The summed E-state index contributed by atoms with van der Waals surface area (Å²) in [5.74, 6) is -0.585. The molecule has 3 atom stereocenters. The topological polar surface area (TPSA) is 84.9 Å². The summed E-state index contributed by atoms with van der Waals surface area (Å²) in [6, 6.07) is 26.7. The minimum absolute atomic E-state index is 0.175. The number of sulfonamides is 1. The number of esters is 1. The number of carbonyl (C=O) groups excluding carboxylic acids is 1. The minimum atomic E-state index is -3.98. The van der Waals surface area contributed by atoms with Crippen molar-refractivity contribution in [3.63, 3.8) is 0 Å². The third-order valence-electron chi connectivity index (χ3n) is 5.67. The van der Waals surface area contributed by atoms with Crippen LogP contribution in [0.2, 0.25) is 0 Å². The number of rotatable bonds is 6. The summed E-state index contributed by atoms with van der Waals surface area (Å²) in [7, 11) is -2.69. The molecule has 1 N–H and O–H groups in total. The summed E-state index contributed by atoms with van der Waals surface area (Å²) >= 11 is 1.18. The lowest BCUT2D eigenvalue weighted by Crippen LogP contribution is -2.44. The Bertz CT molecular complexity index is 1370. The van der Waals surface area contributed by atoms with Gasteiger partial charge >= 0.3 is 5.97 Å². The van der Waals surface area contributed by atoms with Gasteiger partial charge in [0, 0.05) is 4.70 Å². The maximum absolute atomic E-state index is 13.5. The number of nitrogens with zero attached hydrogens (tertiary/aromatic N) is 1. The largest absolute Gasteiger partial charge is 0.467 e. The highest BCUT2D eigenvalue weighted by Gasteiger charge is 2.49. The van der Waals surface area contributed by atoms with Crippen molar-refractivity contribution in [2.24, 2.45) is 0 Å². The zero-order valence-electron chi connectivity index (χ0n) is 18.2. The van der Waals surface area contributed by atoms with Gasteiger partial charge in [-0.15, -0.1) is 16.2 Å². The summed E-state index contributed by atoms with van der Waals surface area (Å²) < 4.78 is 39.3. The van der Waals surface area contributed by atoms with E-state index in [9.17, 15) is 13.2 Å². The average molecular weight is 495 g/mol. The Kier molecular flexibility index (Phi) is 6.20. The first-order valence-corrected chi connectivity index (χ1v) is 12.9. The Morgan fingerprint density at radius 2 is 1.56 bits per heavy atom. The van der Waals surface area contributed by atoms with Crippen molar-refractivity contribution in [3.05, 3.63) is 102 Å². The number of hydrogen-bond acceptors (Lipinski definition) is 7. The van der Waals surface area contributed by atoms with Gasteiger partial charge in [-0.3, -0.25) is 0 Å². The second-order valence-corrected chi connectivity index (χ2v) is 10.8. The fourth-order valence-corrected chi connectivity index (χ4v) is 6.56. The summed E-state index contributed by atoms with van der Waals surface area (Å²) in [6.45, 7) is 0. The fourth-order valence-electron chi connectivity index (χ4n) is 4.09. The van der Waals surface area contributed by atoms with E-state index in [1.165, 1.54) is 23.5 Å². The molecule has 1 aromatic heterocycles. The molecule has 1 aliphatic rings. The first-order valence-electron chi connectivity index (χ1n) is 10.6. The number of methoxy groups -OCH3 is 1. The molecule has 1 saturated heterocycles. The molecule has 0 aliphatic carbocycles. The Labute approximate surface area is 201 Å². The standard InChI is InChI=1S/C25H22N2O5S2/c1-31-25(28)23-22(17-10-4-2-5-11-17)27(24(32-23)18-12-6-3-7-13-18)26-34(29,30)21-16-19-14-8-9-15-20(19)33-21/h2-16,22-24,26H,1H3/t22-,23+,24-/m0/s1. The van der Waals surface area contributed by atoms with Gasteiger partial charge in [0.1, 0.15) is 4.21 Å². The number of thiophene rings is 1. The molecule has 0 amide bonds. The predicted octanol–water partition coefficient (Wildman–Crippen LogP) is 4.41. The van der Waals surface area contributed by atoms with E-state index in [-0.39, 0.29) is 4.21 Å². The molecule has 0 spiro atoms. The summed E-state index contributed by atoms with van der Waals surface area (Å²) in [6.07, 6.45) is -1.89. The lowest BCUT2D eigenvalue weighted by molar-refractivity contribution is -0.154. The van der Waals surface area contributed by atoms with E-state index in [1.807, 2.05) is 84.9 Å². The van der Waals surface area contributed by atoms with E-state index in [0.29, 0.717) is 5.56 Å². The SMILES string of the molecule is COC(=O)[C@@H]1O[C@@H](c2ccccc2)N(NS(=O)(=O)c2cc3ccccc3s2)[C@H]1c1ccccc1. The van der Waals surface area contributed by atoms with E-state index in [4.69, 9.17) is 9.47 Å². The van der Waals surface area contributed by atoms with Crippen LogP contribution in [0.3, 0.4) is 0 Å². The predicted molar refractivity (Wildman–Crippen MR) is 129 cm³/mol. The number of fused-ring (bicyclic) bond motifs is 1. The van der Waals surface area contributed by atoms with Gasteiger partial charge < -0.3 is 9.47 Å². The van der Waals surface area contributed by atoms with E-state index < -0.39 is 34.4 Å². The molecule has 1 aliphatic heterocycles. The van der Waals surface area contributed by atoms with Crippen molar-refractivity contribution in [3.8, 4) is 0 Å². The molecule has 5 rings (SSSR count). The van der Waals surface area contributed by atoms with E-state index >= 15 is 0 Å². The molecule has 174 valence electrons. The fraction of sp³-hybridized carbons (Fsp3) is 0.160. The summed E-state index contributed by atoms with van der Waals surface area (Å²) in [5.41, 5.74) is 1.42. The van der Waals surface area contributed by atoms with Crippen molar-refractivity contribution in [1.82, 2.24) is 9.84 Å². The first-order chi connectivity index (χ1) is 16.5. The summed E-state index contributed by atoms with van der Waals surface area (Å²) in [5, 5.41) is 2.34.